The van der Waals surface area contributed by atoms with Crippen molar-refractivity contribution < 1.29 is 13.2 Å². The number of piperidine rings is 1. The van der Waals surface area contributed by atoms with Gasteiger partial charge in [0.15, 0.2) is 0 Å². The first kappa shape index (κ1) is 24.1. The van der Waals surface area contributed by atoms with Crippen molar-refractivity contribution in [3.05, 3.63) is 28.8 Å². The quantitative estimate of drug-likeness (QED) is 0.666. The van der Waals surface area contributed by atoms with Crippen LogP contribution in [0.3, 0.4) is 0 Å². The van der Waals surface area contributed by atoms with Crippen molar-refractivity contribution >= 4 is 27.5 Å². The second kappa shape index (κ2) is 10.2. The molecule has 1 aromatic carbocycles. The number of hydrogen-bond donors (Lipinski definition) is 1. The first-order valence-corrected chi connectivity index (χ1v) is 12.2. The van der Waals surface area contributed by atoms with Crippen LogP contribution in [0.1, 0.15) is 57.8 Å². The Morgan fingerprint density at radius 2 is 1.93 bits per heavy atom. The highest BCUT2D eigenvalue weighted by Crippen LogP contribution is 2.29. The van der Waals surface area contributed by atoms with Gasteiger partial charge in [-0.2, -0.15) is 4.31 Å². The summed E-state index contributed by atoms with van der Waals surface area (Å²) < 4.78 is 27.6. The molecule has 164 valence electrons. The standard InChI is InChI=1S/C21H34ClN3O3S/c1-15(2)25(16(3)4)12-10-23-21(26)18-8-9-19(22)20(13-18)29(27,28)24-11-6-7-17(5)14-24/h8-9,13,15-17H,6-7,10-12,14H2,1-5H3,(H,23,26). The van der Waals surface area contributed by atoms with Crippen molar-refractivity contribution in [1.82, 2.24) is 14.5 Å². The largest absolute Gasteiger partial charge is 0.351 e. The lowest BCUT2D eigenvalue weighted by atomic mass is 10.0. The van der Waals surface area contributed by atoms with Crippen LogP contribution in [0.25, 0.3) is 0 Å². The van der Waals surface area contributed by atoms with Crippen LogP contribution in [-0.2, 0) is 10.0 Å². The Labute approximate surface area is 180 Å². The monoisotopic (exact) mass is 443 g/mol. The molecule has 1 unspecified atom stereocenters. The fourth-order valence-electron chi connectivity index (χ4n) is 3.86. The number of amides is 1. The summed E-state index contributed by atoms with van der Waals surface area (Å²) in [5, 5.41) is 3.04. The molecule has 1 aromatic rings. The van der Waals surface area contributed by atoms with Crippen molar-refractivity contribution in [3.8, 4) is 0 Å². The summed E-state index contributed by atoms with van der Waals surface area (Å²) in [5.41, 5.74) is 0.304. The maximum atomic E-state index is 13.1. The number of carbonyl (C=O) groups excluding carboxylic acids is 1. The highest BCUT2D eigenvalue weighted by Gasteiger charge is 2.31. The number of halogens is 1. The average Bonchev–Trinajstić information content (AvgIpc) is 2.64. The topological polar surface area (TPSA) is 69.7 Å². The number of hydrogen-bond acceptors (Lipinski definition) is 4. The molecule has 8 heteroatoms. The molecule has 1 amide bonds. The summed E-state index contributed by atoms with van der Waals surface area (Å²) >= 11 is 6.21. The first-order chi connectivity index (χ1) is 13.5. The third-order valence-corrected chi connectivity index (χ3v) is 7.76. The Balaban J connectivity index is 2.12. The maximum Gasteiger partial charge on any atom is 0.251 e. The summed E-state index contributed by atoms with van der Waals surface area (Å²) in [4.78, 5) is 14.9. The number of nitrogens with zero attached hydrogens (tertiary/aromatic N) is 2. The van der Waals surface area contributed by atoms with Crippen LogP contribution < -0.4 is 5.32 Å². The molecule has 0 spiro atoms. The number of rotatable bonds is 8. The molecule has 1 N–H and O–H groups in total. The molecule has 2 rings (SSSR count). The minimum absolute atomic E-state index is 0.00639. The van der Waals surface area contributed by atoms with E-state index in [1.807, 2.05) is 6.92 Å². The smallest absolute Gasteiger partial charge is 0.251 e. The van der Waals surface area contributed by atoms with Crippen LogP contribution in [0.5, 0.6) is 0 Å². The maximum absolute atomic E-state index is 13.1. The molecule has 0 aliphatic carbocycles. The van der Waals surface area contributed by atoms with Crippen LogP contribution in [0.4, 0.5) is 0 Å². The van der Waals surface area contributed by atoms with E-state index in [4.69, 9.17) is 11.6 Å². The van der Waals surface area contributed by atoms with E-state index in [0.717, 1.165) is 19.4 Å². The Morgan fingerprint density at radius 3 is 2.52 bits per heavy atom. The molecule has 0 aromatic heterocycles. The van der Waals surface area contributed by atoms with Crippen LogP contribution in [-0.4, -0.2) is 61.8 Å². The van der Waals surface area contributed by atoms with Gasteiger partial charge in [0.05, 0.1) is 5.02 Å². The van der Waals surface area contributed by atoms with Crippen LogP contribution >= 0.6 is 11.6 Å². The van der Waals surface area contributed by atoms with E-state index in [2.05, 4.69) is 37.9 Å². The number of carbonyl (C=O) groups is 1. The number of nitrogens with one attached hydrogen (secondary N) is 1. The minimum atomic E-state index is -3.72. The lowest BCUT2D eigenvalue weighted by Crippen LogP contribution is -2.42. The molecule has 1 heterocycles. The summed E-state index contributed by atoms with van der Waals surface area (Å²) in [7, 11) is -3.72. The molecule has 6 nitrogen and oxygen atoms in total. The Kier molecular flexibility index (Phi) is 8.52. The van der Waals surface area contributed by atoms with Gasteiger partial charge < -0.3 is 5.32 Å². The van der Waals surface area contributed by atoms with Gasteiger partial charge in [-0.25, -0.2) is 8.42 Å². The fraction of sp³-hybridized carbons (Fsp3) is 0.667. The lowest BCUT2D eigenvalue weighted by Gasteiger charge is -2.30. The van der Waals surface area contributed by atoms with E-state index >= 15 is 0 Å². The zero-order chi connectivity index (χ0) is 21.8. The molecule has 0 bridgehead atoms. The van der Waals surface area contributed by atoms with Crippen molar-refractivity contribution in [2.45, 2.75) is 64.4 Å². The summed E-state index contributed by atoms with van der Waals surface area (Å²) in [6.45, 7) is 12.7. The summed E-state index contributed by atoms with van der Waals surface area (Å²) in [5.74, 6) is 0.0197. The van der Waals surface area contributed by atoms with Crippen molar-refractivity contribution in [1.29, 1.82) is 0 Å². The minimum Gasteiger partial charge on any atom is -0.351 e. The van der Waals surface area contributed by atoms with Crippen LogP contribution in [0.15, 0.2) is 23.1 Å². The Morgan fingerprint density at radius 1 is 1.28 bits per heavy atom. The molecule has 1 aliphatic heterocycles. The van der Waals surface area contributed by atoms with E-state index in [9.17, 15) is 13.2 Å². The summed E-state index contributed by atoms with van der Waals surface area (Å²) in [6.07, 6.45) is 1.85. The van der Waals surface area contributed by atoms with Gasteiger partial charge in [-0.1, -0.05) is 18.5 Å². The van der Waals surface area contributed by atoms with Crippen molar-refractivity contribution in [3.63, 3.8) is 0 Å². The van der Waals surface area contributed by atoms with E-state index in [1.165, 1.54) is 16.4 Å². The molecule has 29 heavy (non-hydrogen) atoms. The molecular formula is C21H34ClN3O3S. The zero-order valence-corrected chi connectivity index (χ0v) is 19.7. The second-order valence-electron chi connectivity index (χ2n) is 8.44. The predicted molar refractivity (Wildman–Crippen MR) is 118 cm³/mol. The van der Waals surface area contributed by atoms with Gasteiger partial charge in [-0.15, -0.1) is 0 Å². The van der Waals surface area contributed by atoms with Gasteiger partial charge in [-0.3, -0.25) is 9.69 Å². The van der Waals surface area contributed by atoms with Gasteiger partial charge in [0.25, 0.3) is 5.91 Å². The van der Waals surface area contributed by atoms with Crippen molar-refractivity contribution in [2.24, 2.45) is 5.92 Å². The molecule has 0 saturated carbocycles. The van der Waals surface area contributed by atoms with Gasteiger partial charge in [0.1, 0.15) is 4.90 Å². The van der Waals surface area contributed by atoms with Crippen molar-refractivity contribution in [2.75, 3.05) is 26.2 Å². The molecule has 1 fully saturated rings. The highest BCUT2D eigenvalue weighted by atomic mass is 35.5. The van der Waals surface area contributed by atoms with E-state index in [-0.39, 0.29) is 15.8 Å². The van der Waals surface area contributed by atoms with E-state index in [0.29, 0.717) is 43.2 Å². The number of benzene rings is 1. The fourth-order valence-corrected chi connectivity index (χ4v) is 5.96. The molecular weight excluding hydrogens is 410 g/mol. The second-order valence-corrected chi connectivity index (χ2v) is 10.8. The van der Waals surface area contributed by atoms with Gasteiger partial charge >= 0.3 is 0 Å². The SMILES string of the molecule is CC1CCCN(S(=O)(=O)c2cc(C(=O)NCCN(C(C)C)C(C)C)ccc2Cl)C1. The van der Waals surface area contributed by atoms with Crippen LogP contribution in [0, 0.1) is 5.92 Å². The van der Waals surface area contributed by atoms with Crippen LogP contribution in [0.2, 0.25) is 5.02 Å². The number of sulfonamides is 1. The third kappa shape index (κ3) is 6.17. The van der Waals surface area contributed by atoms with E-state index < -0.39 is 10.0 Å². The zero-order valence-electron chi connectivity index (χ0n) is 18.1. The highest BCUT2D eigenvalue weighted by molar-refractivity contribution is 7.89. The summed E-state index contributed by atoms with van der Waals surface area (Å²) in [6, 6.07) is 5.22. The van der Waals surface area contributed by atoms with Gasteiger partial charge in [0, 0.05) is 43.8 Å². The average molecular weight is 444 g/mol. The van der Waals surface area contributed by atoms with Gasteiger partial charge in [0.2, 0.25) is 10.0 Å². The van der Waals surface area contributed by atoms with Gasteiger partial charge in [-0.05, 0) is 64.7 Å². The normalized spacial score (nSPS) is 18.6. The molecule has 1 aliphatic rings. The predicted octanol–water partition coefficient (Wildman–Crippen LogP) is 3.61. The Bertz CT molecular complexity index is 803. The molecule has 1 atom stereocenters. The van der Waals surface area contributed by atoms with E-state index in [1.54, 1.807) is 6.07 Å². The third-order valence-electron chi connectivity index (χ3n) is 5.41. The lowest BCUT2D eigenvalue weighted by molar-refractivity contribution is 0.0939. The molecule has 1 saturated heterocycles. The Hall–Kier alpha value is -1.15. The molecule has 0 radical (unpaired) electrons. The first-order valence-electron chi connectivity index (χ1n) is 10.4.